The van der Waals surface area contributed by atoms with Crippen molar-refractivity contribution in [3.8, 4) is 0 Å². The van der Waals surface area contributed by atoms with Gasteiger partial charge in [-0.15, -0.1) is 0 Å². The number of benzene rings is 1. The first-order chi connectivity index (χ1) is 11.4. The third-order valence-corrected chi connectivity index (χ3v) is 3.30. The molecule has 1 aromatic rings. The van der Waals surface area contributed by atoms with E-state index in [-0.39, 0.29) is 24.5 Å². The average Bonchev–Trinajstić information content (AvgIpc) is 2.53. The van der Waals surface area contributed by atoms with Crippen LogP contribution in [0.15, 0.2) is 24.3 Å². The number of hydrogen-bond acceptors (Lipinski definition) is 5. The first-order valence-corrected chi connectivity index (χ1v) is 7.66. The highest BCUT2D eigenvalue weighted by atomic mass is 16.5. The maximum atomic E-state index is 12.2. The van der Waals surface area contributed by atoms with Crippen molar-refractivity contribution < 1.29 is 19.1 Å². The Morgan fingerprint density at radius 3 is 2.42 bits per heavy atom. The predicted molar refractivity (Wildman–Crippen MR) is 90.2 cm³/mol. The fourth-order valence-electron chi connectivity index (χ4n) is 2.02. The number of carbonyl (C=O) groups is 3. The van der Waals surface area contributed by atoms with Gasteiger partial charge in [0, 0.05) is 19.2 Å². The number of anilines is 1. The molecule has 0 heterocycles. The number of hydrogen-bond donors (Lipinski definition) is 4. The lowest BCUT2D eigenvalue weighted by Crippen LogP contribution is -2.39. The maximum absolute atomic E-state index is 12.2. The topological polar surface area (TPSA) is 123 Å². The molecule has 0 spiro atoms. The molecule has 0 saturated heterocycles. The van der Waals surface area contributed by atoms with Crippen molar-refractivity contribution >= 4 is 23.6 Å². The Labute approximate surface area is 141 Å². The molecule has 0 radical (unpaired) electrons. The summed E-state index contributed by atoms with van der Waals surface area (Å²) in [5.74, 6) is -0.501. The zero-order valence-electron chi connectivity index (χ0n) is 13.9. The van der Waals surface area contributed by atoms with Crippen LogP contribution in [0.3, 0.4) is 0 Å². The molecule has 5 N–H and O–H groups in total. The van der Waals surface area contributed by atoms with Crippen LogP contribution in [0.4, 0.5) is 10.5 Å². The lowest BCUT2D eigenvalue weighted by molar-refractivity contribution is -0.142. The van der Waals surface area contributed by atoms with Crippen molar-refractivity contribution in [2.24, 2.45) is 5.73 Å². The van der Waals surface area contributed by atoms with Crippen LogP contribution in [-0.4, -0.2) is 37.5 Å². The third kappa shape index (κ3) is 7.59. The molecule has 132 valence electrons. The molecule has 1 aromatic carbocycles. The van der Waals surface area contributed by atoms with Crippen LogP contribution in [-0.2, 0) is 20.9 Å². The molecule has 0 aromatic heterocycles. The summed E-state index contributed by atoms with van der Waals surface area (Å²) in [6.07, 6.45) is 1.19. The molecule has 24 heavy (non-hydrogen) atoms. The van der Waals surface area contributed by atoms with Crippen molar-refractivity contribution in [1.82, 2.24) is 10.6 Å². The second-order valence-electron chi connectivity index (χ2n) is 5.24. The van der Waals surface area contributed by atoms with E-state index in [0.29, 0.717) is 25.1 Å². The molecule has 1 rings (SSSR count). The monoisotopic (exact) mass is 336 g/mol. The molecule has 0 fully saturated rings. The van der Waals surface area contributed by atoms with E-state index in [1.165, 1.54) is 6.92 Å². The molecule has 0 aliphatic carbocycles. The van der Waals surface area contributed by atoms with Gasteiger partial charge in [-0.25, -0.2) is 4.79 Å². The van der Waals surface area contributed by atoms with E-state index in [9.17, 15) is 14.4 Å². The van der Waals surface area contributed by atoms with Gasteiger partial charge in [-0.2, -0.15) is 0 Å². The molecule has 0 bridgehead atoms. The van der Waals surface area contributed by atoms with Crippen molar-refractivity contribution in [1.29, 1.82) is 0 Å². The number of likely N-dealkylation sites (N-methyl/N-ethyl adjacent to an activating group) is 1. The number of rotatable bonds is 9. The largest absolute Gasteiger partial charge is 0.461 e. The number of nitrogens with two attached hydrogens (primary N) is 1. The van der Waals surface area contributed by atoms with Gasteiger partial charge in [0.15, 0.2) is 0 Å². The SMILES string of the molecule is CN[C@@H](CCCNC(N)=O)C(=O)Nc1ccc(COC(C)=O)cc1. The Hall–Kier alpha value is -2.61. The summed E-state index contributed by atoms with van der Waals surface area (Å²) < 4.78 is 4.90. The van der Waals surface area contributed by atoms with Gasteiger partial charge in [-0.1, -0.05) is 12.1 Å². The van der Waals surface area contributed by atoms with Crippen molar-refractivity contribution in [3.63, 3.8) is 0 Å². The summed E-state index contributed by atoms with van der Waals surface area (Å²) in [5, 5.41) is 8.24. The molecule has 0 saturated carbocycles. The summed E-state index contributed by atoms with van der Waals surface area (Å²) in [5.41, 5.74) is 6.47. The molecular weight excluding hydrogens is 312 g/mol. The molecule has 0 unspecified atom stereocenters. The van der Waals surface area contributed by atoms with Gasteiger partial charge in [0.2, 0.25) is 5.91 Å². The highest BCUT2D eigenvalue weighted by molar-refractivity contribution is 5.94. The second kappa shape index (κ2) is 10.2. The van der Waals surface area contributed by atoms with Crippen molar-refractivity contribution in [2.45, 2.75) is 32.4 Å². The van der Waals surface area contributed by atoms with E-state index in [0.717, 1.165) is 5.56 Å². The lowest BCUT2D eigenvalue weighted by Gasteiger charge is -2.16. The Morgan fingerprint density at radius 1 is 1.21 bits per heavy atom. The van der Waals surface area contributed by atoms with Gasteiger partial charge in [0.25, 0.3) is 0 Å². The van der Waals surface area contributed by atoms with Gasteiger partial charge in [0.05, 0.1) is 6.04 Å². The lowest BCUT2D eigenvalue weighted by atomic mass is 10.1. The third-order valence-electron chi connectivity index (χ3n) is 3.30. The summed E-state index contributed by atoms with van der Waals surface area (Å²) in [6, 6.07) is 6.11. The fourth-order valence-corrected chi connectivity index (χ4v) is 2.02. The minimum atomic E-state index is -0.575. The van der Waals surface area contributed by atoms with E-state index in [4.69, 9.17) is 10.5 Å². The smallest absolute Gasteiger partial charge is 0.312 e. The Morgan fingerprint density at radius 2 is 1.88 bits per heavy atom. The number of carbonyl (C=O) groups excluding carboxylic acids is 3. The van der Waals surface area contributed by atoms with Gasteiger partial charge >= 0.3 is 12.0 Å². The highest BCUT2D eigenvalue weighted by Gasteiger charge is 2.16. The highest BCUT2D eigenvalue weighted by Crippen LogP contribution is 2.11. The number of ether oxygens (including phenoxy) is 1. The summed E-state index contributed by atoms with van der Waals surface area (Å²) in [4.78, 5) is 33.6. The number of nitrogens with one attached hydrogen (secondary N) is 3. The van der Waals surface area contributed by atoms with E-state index >= 15 is 0 Å². The molecule has 8 nitrogen and oxygen atoms in total. The zero-order valence-corrected chi connectivity index (χ0v) is 13.9. The molecule has 8 heteroatoms. The van der Waals surface area contributed by atoms with Crippen LogP contribution in [0.2, 0.25) is 0 Å². The van der Waals surface area contributed by atoms with Gasteiger partial charge in [0.1, 0.15) is 6.61 Å². The van der Waals surface area contributed by atoms with Gasteiger partial charge in [-0.3, -0.25) is 9.59 Å². The number of urea groups is 1. The molecule has 0 aliphatic rings. The van der Waals surface area contributed by atoms with Crippen LogP contribution in [0, 0.1) is 0 Å². The Bertz CT molecular complexity index is 560. The normalized spacial score (nSPS) is 11.4. The minimum absolute atomic E-state index is 0.163. The molecule has 1 atom stereocenters. The van der Waals surface area contributed by atoms with Crippen LogP contribution < -0.4 is 21.7 Å². The van der Waals surface area contributed by atoms with Crippen LogP contribution >= 0.6 is 0 Å². The van der Waals surface area contributed by atoms with Crippen LogP contribution in [0.25, 0.3) is 0 Å². The average molecular weight is 336 g/mol. The summed E-state index contributed by atoms with van der Waals surface area (Å²) >= 11 is 0. The molecular formula is C16H24N4O4. The number of amides is 3. The number of primary amides is 1. The quantitative estimate of drug-likeness (QED) is 0.391. The Kier molecular flexibility index (Phi) is 8.28. The predicted octanol–water partition coefficient (Wildman–Crippen LogP) is 0.725. The second-order valence-corrected chi connectivity index (χ2v) is 5.24. The summed E-state index contributed by atoms with van der Waals surface area (Å²) in [7, 11) is 1.70. The number of esters is 1. The van der Waals surface area contributed by atoms with E-state index in [2.05, 4.69) is 16.0 Å². The van der Waals surface area contributed by atoms with Crippen LogP contribution in [0.1, 0.15) is 25.3 Å². The molecule has 0 aliphatic heterocycles. The van der Waals surface area contributed by atoms with Crippen LogP contribution in [0.5, 0.6) is 0 Å². The van der Waals surface area contributed by atoms with E-state index < -0.39 is 6.03 Å². The fraction of sp³-hybridized carbons (Fsp3) is 0.438. The maximum Gasteiger partial charge on any atom is 0.312 e. The molecule has 3 amide bonds. The first-order valence-electron chi connectivity index (χ1n) is 7.66. The van der Waals surface area contributed by atoms with Gasteiger partial charge < -0.3 is 26.4 Å². The standard InChI is InChI=1S/C16H24N4O4/c1-11(21)24-10-12-5-7-13(8-6-12)20-15(22)14(18-2)4-3-9-19-16(17)23/h5-8,14,18H,3-4,9-10H2,1-2H3,(H,20,22)(H3,17,19,23)/t14-/m0/s1. The van der Waals surface area contributed by atoms with Gasteiger partial charge in [-0.05, 0) is 37.6 Å². The minimum Gasteiger partial charge on any atom is -0.461 e. The van der Waals surface area contributed by atoms with Crippen molar-refractivity contribution in [2.75, 3.05) is 18.9 Å². The van der Waals surface area contributed by atoms with Crippen molar-refractivity contribution in [3.05, 3.63) is 29.8 Å². The first kappa shape index (κ1) is 19.4. The van der Waals surface area contributed by atoms with E-state index in [1.54, 1.807) is 31.3 Å². The zero-order chi connectivity index (χ0) is 17.9. The van der Waals surface area contributed by atoms with E-state index in [1.807, 2.05) is 0 Å². The Balaban J connectivity index is 2.46. The summed E-state index contributed by atoms with van der Waals surface area (Å²) in [6.45, 7) is 1.98.